The Morgan fingerprint density at radius 3 is 2.94 bits per heavy atom. The number of piperidine rings is 1. The van der Waals surface area contributed by atoms with E-state index in [0.29, 0.717) is 36.2 Å². The normalized spacial score (nSPS) is 16.8. The number of hydrogen-bond donors (Lipinski definition) is 0. The van der Waals surface area contributed by atoms with Crippen molar-refractivity contribution in [3.63, 3.8) is 0 Å². The minimum atomic E-state index is -0.259. The zero-order valence-electron chi connectivity index (χ0n) is 18.3. The molecular weight excluding hydrogens is 395 g/mol. The van der Waals surface area contributed by atoms with Crippen molar-refractivity contribution < 1.29 is 13.6 Å². The molecule has 0 spiro atoms. The van der Waals surface area contributed by atoms with Gasteiger partial charge in [0.1, 0.15) is 17.3 Å². The molecular formula is C24H29FN4O2. The fraction of sp³-hybridized carbons (Fsp3) is 0.458. The Kier molecular flexibility index (Phi) is 6.20. The van der Waals surface area contributed by atoms with Gasteiger partial charge in [0.25, 0.3) is 5.91 Å². The zero-order chi connectivity index (χ0) is 22.0. The predicted octanol–water partition coefficient (Wildman–Crippen LogP) is 4.36. The van der Waals surface area contributed by atoms with Crippen molar-refractivity contribution in [3.05, 3.63) is 70.9 Å². The molecule has 0 aliphatic carbocycles. The van der Waals surface area contributed by atoms with E-state index in [1.54, 1.807) is 16.9 Å². The van der Waals surface area contributed by atoms with Crippen LogP contribution in [-0.2, 0) is 19.9 Å². The molecule has 3 aromatic rings. The fourth-order valence-corrected chi connectivity index (χ4v) is 4.21. The van der Waals surface area contributed by atoms with E-state index in [2.05, 4.69) is 23.9 Å². The number of nitrogens with zero attached hydrogens (tertiary/aromatic N) is 4. The highest BCUT2D eigenvalue weighted by Crippen LogP contribution is 2.28. The van der Waals surface area contributed by atoms with E-state index in [9.17, 15) is 9.18 Å². The second-order valence-corrected chi connectivity index (χ2v) is 8.80. The molecule has 1 aromatic carbocycles. The number of amides is 1. The first-order valence-electron chi connectivity index (χ1n) is 10.9. The lowest BCUT2D eigenvalue weighted by Gasteiger charge is -2.31. The smallest absolute Gasteiger partial charge is 0.272 e. The Labute approximate surface area is 182 Å². The lowest BCUT2D eigenvalue weighted by atomic mass is 9.97. The number of aromatic nitrogens is 3. The predicted molar refractivity (Wildman–Crippen MR) is 115 cm³/mol. The van der Waals surface area contributed by atoms with Gasteiger partial charge in [-0.3, -0.25) is 9.48 Å². The molecule has 0 radical (unpaired) electrons. The highest BCUT2D eigenvalue weighted by molar-refractivity contribution is 5.92. The van der Waals surface area contributed by atoms with Gasteiger partial charge >= 0.3 is 0 Å². The SMILES string of the molecule is CC(C)Cc1cc(C(=O)N2CCC[C@@H](c3ncc(Cc4cccc(F)c4)o3)C2)n(C)n1. The van der Waals surface area contributed by atoms with Gasteiger partial charge in [-0.05, 0) is 48.9 Å². The monoisotopic (exact) mass is 424 g/mol. The largest absolute Gasteiger partial charge is 0.445 e. The summed E-state index contributed by atoms with van der Waals surface area (Å²) in [5.74, 6) is 1.64. The van der Waals surface area contributed by atoms with Crippen LogP contribution in [0.1, 0.15) is 66.0 Å². The minimum Gasteiger partial charge on any atom is -0.445 e. The van der Waals surface area contributed by atoms with Crippen molar-refractivity contribution in [1.29, 1.82) is 0 Å². The molecule has 3 heterocycles. The molecule has 31 heavy (non-hydrogen) atoms. The van der Waals surface area contributed by atoms with Gasteiger partial charge in [0.15, 0.2) is 5.89 Å². The summed E-state index contributed by atoms with van der Waals surface area (Å²) in [6.45, 7) is 5.58. The maximum absolute atomic E-state index is 13.4. The summed E-state index contributed by atoms with van der Waals surface area (Å²) in [7, 11) is 1.82. The van der Waals surface area contributed by atoms with E-state index < -0.39 is 0 Å². The molecule has 1 aliphatic heterocycles. The second-order valence-electron chi connectivity index (χ2n) is 8.80. The molecule has 0 N–H and O–H groups in total. The quantitative estimate of drug-likeness (QED) is 0.590. The van der Waals surface area contributed by atoms with E-state index >= 15 is 0 Å². The number of aryl methyl sites for hydroxylation is 1. The third-order valence-electron chi connectivity index (χ3n) is 5.66. The van der Waals surface area contributed by atoms with Crippen molar-refractivity contribution in [3.8, 4) is 0 Å². The lowest BCUT2D eigenvalue weighted by Crippen LogP contribution is -2.40. The molecule has 1 amide bonds. The van der Waals surface area contributed by atoms with Crippen molar-refractivity contribution in [2.24, 2.45) is 13.0 Å². The molecule has 0 bridgehead atoms. The van der Waals surface area contributed by atoms with Gasteiger partial charge in [-0.2, -0.15) is 5.10 Å². The van der Waals surface area contributed by atoms with Crippen LogP contribution in [-0.4, -0.2) is 38.7 Å². The summed E-state index contributed by atoms with van der Waals surface area (Å²) in [5.41, 5.74) is 2.41. The molecule has 0 unspecified atom stereocenters. The van der Waals surface area contributed by atoms with E-state index in [1.165, 1.54) is 12.1 Å². The van der Waals surface area contributed by atoms with Gasteiger partial charge in [-0.15, -0.1) is 0 Å². The Balaban J connectivity index is 1.43. The molecule has 4 rings (SSSR count). The van der Waals surface area contributed by atoms with E-state index in [1.807, 2.05) is 24.1 Å². The number of carbonyl (C=O) groups excluding carboxylic acids is 1. The van der Waals surface area contributed by atoms with E-state index in [4.69, 9.17) is 4.42 Å². The molecule has 0 saturated carbocycles. The molecule has 6 nitrogen and oxygen atoms in total. The maximum atomic E-state index is 13.4. The highest BCUT2D eigenvalue weighted by atomic mass is 19.1. The van der Waals surface area contributed by atoms with E-state index in [-0.39, 0.29) is 17.6 Å². The molecule has 1 atom stereocenters. The number of halogens is 1. The highest BCUT2D eigenvalue weighted by Gasteiger charge is 2.30. The third kappa shape index (κ3) is 5.03. The molecule has 1 aliphatic rings. The van der Waals surface area contributed by atoms with Gasteiger partial charge in [0, 0.05) is 26.6 Å². The molecule has 2 aromatic heterocycles. The zero-order valence-corrected chi connectivity index (χ0v) is 18.3. The summed E-state index contributed by atoms with van der Waals surface area (Å²) >= 11 is 0. The van der Waals surface area contributed by atoms with Crippen LogP contribution in [0.5, 0.6) is 0 Å². The summed E-state index contributed by atoms with van der Waals surface area (Å²) < 4.78 is 21.1. The minimum absolute atomic E-state index is 0.00115. The summed E-state index contributed by atoms with van der Waals surface area (Å²) in [5, 5.41) is 4.50. The van der Waals surface area contributed by atoms with Gasteiger partial charge in [-0.1, -0.05) is 26.0 Å². The average molecular weight is 425 g/mol. The number of rotatable bonds is 6. The Hall–Kier alpha value is -2.96. The fourth-order valence-electron chi connectivity index (χ4n) is 4.21. The third-order valence-corrected chi connectivity index (χ3v) is 5.66. The van der Waals surface area contributed by atoms with Crippen LogP contribution in [0.25, 0.3) is 0 Å². The van der Waals surface area contributed by atoms with Crippen molar-refractivity contribution >= 4 is 5.91 Å². The van der Waals surface area contributed by atoms with Crippen LogP contribution in [0.4, 0.5) is 4.39 Å². The number of benzene rings is 1. The van der Waals surface area contributed by atoms with Crippen molar-refractivity contribution in [2.45, 2.75) is 45.4 Å². The van der Waals surface area contributed by atoms with Crippen molar-refractivity contribution in [2.75, 3.05) is 13.1 Å². The number of hydrogen-bond acceptors (Lipinski definition) is 4. The van der Waals surface area contributed by atoms with Gasteiger partial charge in [-0.25, -0.2) is 9.37 Å². The number of oxazole rings is 1. The Morgan fingerprint density at radius 2 is 2.16 bits per heavy atom. The molecule has 164 valence electrons. The molecule has 7 heteroatoms. The van der Waals surface area contributed by atoms with Crippen LogP contribution in [0.2, 0.25) is 0 Å². The first kappa shape index (κ1) is 21.3. The Morgan fingerprint density at radius 1 is 1.32 bits per heavy atom. The first-order valence-corrected chi connectivity index (χ1v) is 10.9. The summed E-state index contributed by atoms with van der Waals surface area (Å²) in [4.78, 5) is 19.5. The average Bonchev–Trinajstić information content (AvgIpc) is 3.33. The van der Waals surface area contributed by atoms with Gasteiger partial charge < -0.3 is 9.32 Å². The van der Waals surface area contributed by atoms with Gasteiger partial charge in [0.2, 0.25) is 0 Å². The summed E-state index contributed by atoms with van der Waals surface area (Å²) in [6, 6.07) is 8.40. The first-order chi connectivity index (χ1) is 14.9. The summed E-state index contributed by atoms with van der Waals surface area (Å²) in [6.07, 6.45) is 4.88. The van der Waals surface area contributed by atoms with Crippen LogP contribution in [0.15, 0.2) is 40.9 Å². The van der Waals surface area contributed by atoms with Gasteiger partial charge in [0.05, 0.1) is 17.8 Å². The van der Waals surface area contributed by atoms with Crippen LogP contribution >= 0.6 is 0 Å². The molecule has 1 fully saturated rings. The Bertz CT molecular complexity index is 1060. The lowest BCUT2D eigenvalue weighted by molar-refractivity contribution is 0.0686. The second kappa shape index (κ2) is 9.04. The van der Waals surface area contributed by atoms with Crippen molar-refractivity contribution in [1.82, 2.24) is 19.7 Å². The van der Waals surface area contributed by atoms with Crippen LogP contribution in [0.3, 0.4) is 0 Å². The maximum Gasteiger partial charge on any atom is 0.272 e. The van der Waals surface area contributed by atoms with Crippen LogP contribution < -0.4 is 0 Å². The number of carbonyl (C=O) groups is 1. The standard InChI is InChI=1S/C24H29FN4O2/c1-16(2)10-20-13-22(28(3)27-20)24(30)29-9-5-7-18(15-29)23-26-14-21(31-23)12-17-6-4-8-19(25)11-17/h4,6,8,11,13-14,16,18H,5,7,9-10,12,15H2,1-3H3/t18-/m1/s1. The number of likely N-dealkylation sites (tertiary alicyclic amines) is 1. The topological polar surface area (TPSA) is 64.2 Å². The molecule has 1 saturated heterocycles. The van der Waals surface area contributed by atoms with E-state index in [0.717, 1.165) is 37.1 Å². The van der Waals surface area contributed by atoms with Crippen LogP contribution in [0, 0.1) is 11.7 Å².